The van der Waals surface area contributed by atoms with Crippen molar-refractivity contribution in [1.82, 2.24) is 10.6 Å². The van der Waals surface area contributed by atoms with Gasteiger partial charge in [-0.1, -0.05) is 12.8 Å². The largest absolute Gasteiger partial charge is 0.444 e. The number of fused-ring (bicyclic) bond motifs is 1. The number of rotatable bonds is 4. The third-order valence-electron chi connectivity index (χ3n) is 4.93. The average Bonchev–Trinajstić information content (AvgIpc) is 2.64. The number of nitrogens with one attached hydrogen (secondary N) is 2. The third-order valence-corrected chi connectivity index (χ3v) is 4.93. The number of amides is 2. The summed E-state index contributed by atoms with van der Waals surface area (Å²) in [5.41, 5.74) is -0.622. The first kappa shape index (κ1) is 20.5. The van der Waals surface area contributed by atoms with Gasteiger partial charge in [-0.2, -0.15) is 0 Å². The molecule has 148 valence electrons. The fourth-order valence-corrected chi connectivity index (χ4v) is 3.73. The Labute approximate surface area is 155 Å². The lowest BCUT2D eigenvalue weighted by atomic mass is 9.82. The van der Waals surface area contributed by atoms with E-state index in [1.54, 1.807) is 27.7 Å². The van der Waals surface area contributed by atoms with Gasteiger partial charge in [0.25, 0.3) is 0 Å². The van der Waals surface area contributed by atoms with Gasteiger partial charge in [0.1, 0.15) is 5.60 Å². The summed E-state index contributed by atoms with van der Waals surface area (Å²) in [6.07, 6.45) is 4.81. The molecular formula is C19H32N2O5. The first-order valence-electron chi connectivity index (χ1n) is 9.63. The van der Waals surface area contributed by atoms with Crippen LogP contribution in [0.3, 0.4) is 0 Å². The molecular weight excluding hydrogens is 336 g/mol. The van der Waals surface area contributed by atoms with Crippen LogP contribution < -0.4 is 10.6 Å². The van der Waals surface area contributed by atoms with Crippen molar-refractivity contribution in [2.75, 3.05) is 0 Å². The summed E-state index contributed by atoms with van der Waals surface area (Å²) in [5.74, 6) is -0.369. The molecule has 0 aromatic rings. The second-order valence-corrected chi connectivity index (χ2v) is 8.42. The van der Waals surface area contributed by atoms with Crippen LogP contribution in [0.5, 0.6) is 0 Å². The summed E-state index contributed by atoms with van der Waals surface area (Å²) >= 11 is 0. The van der Waals surface area contributed by atoms with Crippen LogP contribution >= 0.6 is 0 Å². The molecule has 4 atom stereocenters. The number of hydrogen-bond acceptors (Lipinski definition) is 5. The maximum atomic E-state index is 12.4. The molecule has 2 fully saturated rings. The number of esters is 1. The van der Waals surface area contributed by atoms with Crippen molar-refractivity contribution in [2.24, 2.45) is 11.8 Å². The summed E-state index contributed by atoms with van der Waals surface area (Å²) in [6, 6.07) is 0.255. The first-order valence-corrected chi connectivity index (χ1v) is 9.63. The fourth-order valence-electron chi connectivity index (χ4n) is 3.73. The quantitative estimate of drug-likeness (QED) is 0.588. The summed E-state index contributed by atoms with van der Waals surface area (Å²) in [4.78, 5) is 36.3. The van der Waals surface area contributed by atoms with Crippen molar-refractivity contribution in [2.45, 2.75) is 90.5 Å². The van der Waals surface area contributed by atoms with E-state index in [0.29, 0.717) is 12.3 Å². The fraction of sp³-hybridized carbons (Fsp3) is 0.842. The van der Waals surface area contributed by atoms with Crippen molar-refractivity contribution in [1.29, 1.82) is 0 Å². The lowest BCUT2D eigenvalue weighted by molar-refractivity contribution is -0.152. The Bertz CT molecular complexity index is 529. The van der Waals surface area contributed by atoms with Gasteiger partial charge in [-0.15, -0.1) is 0 Å². The van der Waals surface area contributed by atoms with E-state index in [2.05, 4.69) is 10.6 Å². The van der Waals surface area contributed by atoms with E-state index < -0.39 is 23.9 Å². The zero-order valence-corrected chi connectivity index (χ0v) is 16.3. The molecule has 7 nitrogen and oxygen atoms in total. The summed E-state index contributed by atoms with van der Waals surface area (Å²) in [7, 11) is 0. The minimum absolute atomic E-state index is 0.0333. The molecule has 1 aliphatic carbocycles. The molecule has 0 aromatic carbocycles. The van der Waals surface area contributed by atoms with Crippen LogP contribution in [0, 0.1) is 11.8 Å². The van der Waals surface area contributed by atoms with Crippen molar-refractivity contribution < 1.29 is 23.9 Å². The second kappa shape index (κ2) is 8.73. The zero-order chi connectivity index (χ0) is 19.3. The van der Waals surface area contributed by atoms with Crippen LogP contribution in [0.2, 0.25) is 0 Å². The Morgan fingerprint density at radius 1 is 1.19 bits per heavy atom. The third kappa shape index (κ3) is 6.50. The van der Waals surface area contributed by atoms with Gasteiger partial charge in [-0.3, -0.25) is 14.9 Å². The van der Waals surface area contributed by atoms with Crippen molar-refractivity contribution in [3.05, 3.63) is 0 Å². The van der Waals surface area contributed by atoms with Crippen molar-refractivity contribution >= 4 is 18.0 Å². The highest BCUT2D eigenvalue weighted by Gasteiger charge is 2.34. The number of hydrogen-bond donors (Lipinski definition) is 2. The van der Waals surface area contributed by atoms with Crippen LogP contribution in [-0.4, -0.2) is 35.8 Å². The molecule has 0 radical (unpaired) electrons. The molecule has 2 amide bonds. The SMILES string of the molecule is CC(NC(=O)OC(C)(C)C)OC(=O)CC1CCC2CCCCC2NC1=O. The van der Waals surface area contributed by atoms with Gasteiger partial charge < -0.3 is 14.8 Å². The lowest BCUT2D eigenvalue weighted by Crippen LogP contribution is -2.42. The zero-order valence-electron chi connectivity index (χ0n) is 16.3. The lowest BCUT2D eigenvalue weighted by Gasteiger charge is -2.29. The van der Waals surface area contributed by atoms with E-state index >= 15 is 0 Å². The molecule has 2 N–H and O–H groups in total. The van der Waals surface area contributed by atoms with Crippen LogP contribution in [-0.2, 0) is 19.1 Å². The maximum Gasteiger partial charge on any atom is 0.410 e. The molecule has 7 heteroatoms. The topological polar surface area (TPSA) is 93.7 Å². The molecule has 0 spiro atoms. The molecule has 26 heavy (non-hydrogen) atoms. The summed E-state index contributed by atoms with van der Waals surface area (Å²) in [5, 5.41) is 5.58. The number of alkyl carbamates (subject to hydrolysis) is 1. The van der Waals surface area contributed by atoms with Gasteiger partial charge in [0, 0.05) is 12.0 Å². The molecule has 0 bridgehead atoms. The molecule has 2 rings (SSSR count). The molecule has 0 aromatic heterocycles. The van der Waals surface area contributed by atoms with Gasteiger partial charge >= 0.3 is 12.1 Å². The average molecular weight is 368 g/mol. The van der Waals surface area contributed by atoms with Gasteiger partial charge in [-0.25, -0.2) is 4.79 Å². The first-order chi connectivity index (χ1) is 12.1. The molecule has 2 aliphatic rings. The van der Waals surface area contributed by atoms with Crippen LogP contribution in [0.1, 0.15) is 72.6 Å². The van der Waals surface area contributed by atoms with Gasteiger partial charge in [0.05, 0.1) is 6.42 Å². The normalized spacial score (nSPS) is 27.4. The Morgan fingerprint density at radius 3 is 2.58 bits per heavy atom. The van der Waals surface area contributed by atoms with Crippen LogP contribution in [0.25, 0.3) is 0 Å². The summed E-state index contributed by atoms with van der Waals surface area (Å²) in [6.45, 7) is 6.83. The van der Waals surface area contributed by atoms with Crippen LogP contribution in [0.4, 0.5) is 4.79 Å². The van der Waals surface area contributed by atoms with Crippen molar-refractivity contribution in [3.8, 4) is 0 Å². The smallest absolute Gasteiger partial charge is 0.410 e. The summed E-state index contributed by atoms with van der Waals surface area (Å²) < 4.78 is 10.3. The van der Waals surface area contributed by atoms with E-state index in [4.69, 9.17) is 9.47 Å². The Hall–Kier alpha value is -1.79. The Kier molecular flexibility index (Phi) is 6.89. The minimum Gasteiger partial charge on any atom is -0.444 e. The van der Waals surface area contributed by atoms with E-state index in [1.807, 2.05) is 0 Å². The number of carbonyl (C=O) groups excluding carboxylic acids is 3. The minimum atomic E-state index is -0.811. The highest BCUT2D eigenvalue weighted by atomic mass is 16.6. The predicted molar refractivity (Wildman–Crippen MR) is 96.2 cm³/mol. The van der Waals surface area contributed by atoms with Gasteiger partial charge in [-0.05, 0) is 59.3 Å². The predicted octanol–water partition coefficient (Wildman–Crippen LogP) is 2.88. The van der Waals surface area contributed by atoms with Gasteiger partial charge in [0.15, 0.2) is 6.23 Å². The molecule has 1 aliphatic heterocycles. The van der Waals surface area contributed by atoms with E-state index in [0.717, 1.165) is 25.7 Å². The standard InChI is InChI=1S/C19H32N2O5/c1-12(20-18(24)26-19(2,3)4)25-16(22)11-14-10-9-13-7-5-6-8-15(13)21-17(14)23/h12-15H,5-11H2,1-4H3,(H,20,24)(H,21,23). The Balaban J connectivity index is 1.79. The van der Waals surface area contributed by atoms with Gasteiger partial charge in [0.2, 0.25) is 5.91 Å². The molecule has 1 saturated heterocycles. The molecule has 1 heterocycles. The number of carbonyl (C=O) groups is 3. The van der Waals surface area contributed by atoms with E-state index in [1.165, 1.54) is 6.42 Å². The van der Waals surface area contributed by atoms with E-state index in [9.17, 15) is 14.4 Å². The number of ether oxygens (including phenoxy) is 2. The maximum absolute atomic E-state index is 12.4. The monoisotopic (exact) mass is 368 g/mol. The second-order valence-electron chi connectivity index (χ2n) is 8.42. The van der Waals surface area contributed by atoms with E-state index in [-0.39, 0.29) is 24.3 Å². The van der Waals surface area contributed by atoms with Crippen molar-refractivity contribution in [3.63, 3.8) is 0 Å². The molecule has 1 saturated carbocycles. The highest BCUT2D eigenvalue weighted by Crippen LogP contribution is 2.32. The molecule has 4 unspecified atom stereocenters. The highest BCUT2D eigenvalue weighted by molar-refractivity contribution is 5.84. The Morgan fingerprint density at radius 2 is 1.88 bits per heavy atom. The van der Waals surface area contributed by atoms with Crippen LogP contribution in [0.15, 0.2) is 0 Å².